The second kappa shape index (κ2) is 7.13. The Labute approximate surface area is 108 Å². The zero-order chi connectivity index (χ0) is 12.7. The van der Waals surface area contributed by atoms with Crippen LogP contribution in [0.25, 0.3) is 6.08 Å². The molecule has 0 saturated heterocycles. The number of amides is 1. The first-order valence-corrected chi connectivity index (χ1v) is 7.13. The van der Waals surface area contributed by atoms with Gasteiger partial charge in [-0.3, -0.25) is 4.79 Å². The molecule has 0 aromatic carbocycles. The monoisotopic (exact) mass is 271 g/mol. The lowest BCUT2D eigenvalue weighted by atomic mass is 10.3. The molecule has 0 aliphatic carbocycles. The van der Waals surface area contributed by atoms with E-state index in [-0.39, 0.29) is 5.91 Å². The quantitative estimate of drug-likeness (QED) is 0.775. The van der Waals surface area contributed by atoms with Crippen LogP contribution in [-0.4, -0.2) is 29.0 Å². The minimum absolute atomic E-state index is 0.00790. The van der Waals surface area contributed by atoms with Crippen LogP contribution in [0.4, 0.5) is 0 Å². The molecule has 2 N–H and O–H groups in total. The first-order chi connectivity index (χ1) is 8.11. The van der Waals surface area contributed by atoms with E-state index in [1.54, 1.807) is 0 Å². The summed E-state index contributed by atoms with van der Waals surface area (Å²) in [4.78, 5) is 22.5. The number of thioether (sulfide) groups is 1. The van der Waals surface area contributed by atoms with E-state index in [4.69, 9.17) is 5.11 Å². The van der Waals surface area contributed by atoms with Crippen molar-refractivity contribution in [1.82, 2.24) is 5.32 Å². The molecule has 0 bridgehead atoms. The van der Waals surface area contributed by atoms with Gasteiger partial charge in [-0.1, -0.05) is 0 Å². The highest BCUT2D eigenvalue weighted by Crippen LogP contribution is 2.15. The molecule has 0 radical (unpaired) electrons. The van der Waals surface area contributed by atoms with Gasteiger partial charge in [0.15, 0.2) is 0 Å². The van der Waals surface area contributed by atoms with Crippen molar-refractivity contribution in [2.75, 3.05) is 12.0 Å². The highest BCUT2D eigenvalue weighted by Gasteiger charge is 2.02. The minimum Gasteiger partial charge on any atom is -0.478 e. The van der Waals surface area contributed by atoms with Crippen LogP contribution in [0, 0.1) is 0 Å². The smallest absolute Gasteiger partial charge is 0.328 e. The van der Waals surface area contributed by atoms with Crippen molar-refractivity contribution in [3.05, 3.63) is 28.0 Å². The summed E-state index contributed by atoms with van der Waals surface area (Å²) in [6, 6.07) is 1.86. The Morgan fingerprint density at radius 1 is 1.59 bits per heavy atom. The van der Waals surface area contributed by atoms with E-state index in [1.807, 2.05) is 17.7 Å². The highest BCUT2D eigenvalue weighted by atomic mass is 32.2. The van der Waals surface area contributed by atoms with Crippen LogP contribution in [-0.2, 0) is 16.1 Å². The number of carboxylic acid groups (broad SMARTS) is 1. The van der Waals surface area contributed by atoms with E-state index in [0.29, 0.717) is 12.3 Å². The number of aliphatic carboxylic acids is 1. The third kappa shape index (κ3) is 5.55. The Balaban J connectivity index is 2.46. The average Bonchev–Trinajstić information content (AvgIpc) is 2.72. The van der Waals surface area contributed by atoms with Crippen LogP contribution in [0.15, 0.2) is 17.5 Å². The topological polar surface area (TPSA) is 66.4 Å². The van der Waals surface area contributed by atoms with Gasteiger partial charge < -0.3 is 10.4 Å². The molecule has 1 rings (SSSR count). The third-order valence-corrected chi connectivity index (χ3v) is 3.33. The second-order valence-corrected chi connectivity index (χ2v) is 5.09. The molecule has 1 heterocycles. The van der Waals surface area contributed by atoms with Crippen molar-refractivity contribution < 1.29 is 14.7 Å². The van der Waals surface area contributed by atoms with Gasteiger partial charge in [-0.15, -0.1) is 11.3 Å². The van der Waals surface area contributed by atoms with Crippen LogP contribution in [0.3, 0.4) is 0 Å². The fourth-order valence-corrected chi connectivity index (χ4v) is 2.27. The maximum Gasteiger partial charge on any atom is 0.328 e. The van der Waals surface area contributed by atoms with Crippen molar-refractivity contribution >= 4 is 41.1 Å². The maximum atomic E-state index is 11.2. The summed E-state index contributed by atoms with van der Waals surface area (Å²) in [5.41, 5.74) is 0.839. The Kier molecular flexibility index (Phi) is 5.79. The van der Waals surface area contributed by atoms with Crippen LogP contribution in [0.1, 0.15) is 10.4 Å². The van der Waals surface area contributed by atoms with Gasteiger partial charge >= 0.3 is 5.97 Å². The summed E-state index contributed by atoms with van der Waals surface area (Å²) in [6.45, 7) is 0.491. The van der Waals surface area contributed by atoms with Crippen molar-refractivity contribution in [3.8, 4) is 0 Å². The molecule has 0 aliphatic heterocycles. The van der Waals surface area contributed by atoms with Gasteiger partial charge in [-0.25, -0.2) is 4.79 Å². The van der Waals surface area contributed by atoms with Gasteiger partial charge in [0, 0.05) is 11.0 Å². The highest BCUT2D eigenvalue weighted by molar-refractivity contribution is 7.99. The molecular weight excluding hydrogens is 258 g/mol. The largest absolute Gasteiger partial charge is 0.478 e. The zero-order valence-electron chi connectivity index (χ0n) is 9.30. The predicted molar refractivity (Wildman–Crippen MR) is 71.2 cm³/mol. The molecule has 1 aromatic heterocycles. The summed E-state index contributed by atoms with van der Waals surface area (Å²) >= 11 is 2.97. The molecular formula is C11H13NO3S2. The van der Waals surface area contributed by atoms with Crippen molar-refractivity contribution in [3.63, 3.8) is 0 Å². The molecule has 0 unspecified atom stereocenters. The van der Waals surface area contributed by atoms with Crippen molar-refractivity contribution in [2.45, 2.75) is 6.54 Å². The Morgan fingerprint density at radius 3 is 3.00 bits per heavy atom. The van der Waals surface area contributed by atoms with Gasteiger partial charge in [0.1, 0.15) is 0 Å². The number of carbonyl (C=O) groups is 2. The molecule has 4 nitrogen and oxygen atoms in total. The molecule has 0 atom stereocenters. The van der Waals surface area contributed by atoms with Crippen LogP contribution >= 0.6 is 23.1 Å². The Bertz CT molecular complexity index is 426. The Hall–Kier alpha value is -1.27. The lowest BCUT2D eigenvalue weighted by Crippen LogP contribution is -2.23. The average molecular weight is 271 g/mol. The Morgan fingerprint density at radius 2 is 2.35 bits per heavy atom. The summed E-state index contributed by atoms with van der Waals surface area (Å²) in [5.74, 6) is -0.503. The number of thiophene rings is 1. The summed E-state index contributed by atoms with van der Waals surface area (Å²) in [5, 5.41) is 13.1. The number of carboxylic acids is 1. The first kappa shape index (κ1) is 13.8. The van der Waals surface area contributed by atoms with Gasteiger partial charge in [-0.2, -0.15) is 11.8 Å². The molecule has 0 saturated carbocycles. The van der Waals surface area contributed by atoms with Gasteiger partial charge in [0.25, 0.3) is 0 Å². The zero-order valence-corrected chi connectivity index (χ0v) is 10.9. The van der Waals surface area contributed by atoms with Gasteiger partial charge in [0.05, 0.1) is 12.3 Å². The van der Waals surface area contributed by atoms with Gasteiger partial charge in [0.2, 0.25) is 5.91 Å². The molecule has 1 amide bonds. The number of hydrogen-bond acceptors (Lipinski definition) is 4. The normalized spacial score (nSPS) is 10.6. The van der Waals surface area contributed by atoms with Crippen LogP contribution in [0.5, 0.6) is 0 Å². The van der Waals surface area contributed by atoms with Crippen LogP contribution < -0.4 is 5.32 Å². The first-order valence-electron chi connectivity index (χ1n) is 4.86. The summed E-state index contributed by atoms with van der Waals surface area (Å²) in [6.07, 6.45) is 4.50. The summed E-state index contributed by atoms with van der Waals surface area (Å²) in [7, 11) is 0. The van der Waals surface area contributed by atoms with E-state index in [0.717, 1.165) is 16.5 Å². The number of rotatable bonds is 6. The summed E-state index contributed by atoms with van der Waals surface area (Å²) < 4.78 is 0. The van der Waals surface area contributed by atoms with Crippen molar-refractivity contribution in [2.24, 2.45) is 0 Å². The van der Waals surface area contributed by atoms with Crippen molar-refractivity contribution in [1.29, 1.82) is 0 Å². The van der Waals surface area contributed by atoms with Gasteiger partial charge in [-0.05, 0) is 29.3 Å². The number of nitrogens with one attached hydrogen (secondary N) is 1. The molecule has 6 heteroatoms. The molecule has 17 heavy (non-hydrogen) atoms. The fourth-order valence-electron chi connectivity index (χ4n) is 1.11. The molecule has 1 aromatic rings. The lowest BCUT2D eigenvalue weighted by molar-refractivity contribution is -0.131. The molecule has 0 fully saturated rings. The second-order valence-electron chi connectivity index (χ2n) is 3.23. The van der Waals surface area contributed by atoms with Crippen LogP contribution in [0.2, 0.25) is 0 Å². The molecule has 92 valence electrons. The number of carbonyl (C=O) groups excluding carboxylic acids is 1. The van der Waals surface area contributed by atoms with E-state index >= 15 is 0 Å². The third-order valence-electron chi connectivity index (χ3n) is 1.83. The SMILES string of the molecule is CSCC(=O)NCc1cc(C=CC(=O)O)cs1. The fraction of sp³-hybridized carbons (Fsp3) is 0.273. The molecule has 0 aliphatic rings. The standard InChI is InChI=1S/C11H13NO3S2/c1-16-7-10(13)12-5-9-4-8(6-17-9)2-3-11(14)15/h2-4,6H,5,7H2,1H3,(H,12,13)(H,14,15). The van der Waals surface area contributed by atoms with E-state index in [9.17, 15) is 9.59 Å². The minimum atomic E-state index is -0.967. The van der Waals surface area contributed by atoms with E-state index in [1.165, 1.54) is 29.2 Å². The predicted octanol–water partition coefficient (Wildman–Crippen LogP) is 1.83. The van der Waals surface area contributed by atoms with E-state index < -0.39 is 5.97 Å². The molecule has 0 spiro atoms. The number of hydrogen-bond donors (Lipinski definition) is 2. The van der Waals surface area contributed by atoms with E-state index in [2.05, 4.69) is 5.32 Å². The maximum absolute atomic E-state index is 11.2. The lowest BCUT2D eigenvalue weighted by Gasteiger charge is -2.00.